The predicted octanol–water partition coefficient (Wildman–Crippen LogP) is 4.18. The molecule has 0 spiro atoms. The topological polar surface area (TPSA) is 114 Å². The lowest BCUT2D eigenvalue weighted by molar-refractivity contribution is -0.192. The Morgan fingerprint density at radius 1 is 1.11 bits per heavy atom. The van der Waals surface area contributed by atoms with Crippen LogP contribution in [0.4, 0.5) is 13.2 Å². The number of alkyl halides is 3. The molecule has 0 bridgehead atoms. The summed E-state index contributed by atoms with van der Waals surface area (Å²) in [5.74, 6) is -1.26. The predicted molar refractivity (Wildman–Crippen MR) is 122 cm³/mol. The largest absolute Gasteiger partial charge is 0.497 e. The lowest BCUT2D eigenvalue weighted by Gasteiger charge is -2.10. The average molecular weight is 489 g/mol. The van der Waals surface area contributed by atoms with Crippen LogP contribution in [0.2, 0.25) is 0 Å². The Hall–Kier alpha value is -4.28. The van der Waals surface area contributed by atoms with Crippen LogP contribution < -0.4 is 14.8 Å². The molecule has 8 nitrogen and oxygen atoms in total. The standard InChI is InChI=1S/C22H21N3O3.C2HF3O2/c1-27-17-5-6-21(28-2)15(12-17)3-4-16-11-14(7-9-23-16)20-13-18-19(25-20)8-10-24-22(18)26;3-2(4,5)1(6)7/h3-7,9,11-13,25H,8,10H2,1-2H3,(H,24,26);(H,6,7)/b4-3+;. The third-order valence-corrected chi connectivity index (χ3v) is 5.01. The highest BCUT2D eigenvalue weighted by Crippen LogP contribution is 2.27. The van der Waals surface area contributed by atoms with Gasteiger partial charge in [0.05, 0.1) is 25.5 Å². The number of hydrogen-bond acceptors (Lipinski definition) is 5. The van der Waals surface area contributed by atoms with Gasteiger partial charge in [-0.2, -0.15) is 13.2 Å². The van der Waals surface area contributed by atoms with E-state index < -0.39 is 12.1 Å². The number of aromatic amines is 1. The van der Waals surface area contributed by atoms with Crippen LogP contribution in [0.25, 0.3) is 23.4 Å². The minimum Gasteiger partial charge on any atom is -0.497 e. The van der Waals surface area contributed by atoms with Crippen molar-refractivity contribution in [3.63, 3.8) is 0 Å². The van der Waals surface area contributed by atoms with E-state index in [0.29, 0.717) is 6.54 Å². The Bertz CT molecular complexity index is 1250. The summed E-state index contributed by atoms with van der Waals surface area (Å²) in [6, 6.07) is 11.5. The summed E-state index contributed by atoms with van der Waals surface area (Å²) in [7, 11) is 3.28. The summed E-state index contributed by atoms with van der Waals surface area (Å²) in [6.45, 7) is 0.665. The molecule has 1 amide bonds. The van der Waals surface area contributed by atoms with Crippen molar-refractivity contribution in [1.29, 1.82) is 0 Å². The first-order valence-corrected chi connectivity index (χ1v) is 10.3. The van der Waals surface area contributed by atoms with Gasteiger partial charge in [-0.15, -0.1) is 0 Å². The number of halogens is 3. The van der Waals surface area contributed by atoms with Crippen LogP contribution >= 0.6 is 0 Å². The number of amides is 1. The number of aromatic nitrogens is 2. The van der Waals surface area contributed by atoms with Gasteiger partial charge in [0.2, 0.25) is 0 Å². The number of ether oxygens (including phenoxy) is 2. The molecule has 3 aromatic rings. The molecule has 0 fully saturated rings. The number of pyridine rings is 1. The average Bonchev–Trinajstić information content (AvgIpc) is 3.28. The first-order chi connectivity index (χ1) is 16.6. The lowest BCUT2D eigenvalue weighted by atomic mass is 10.1. The van der Waals surface area contributed by atoms with Crippen molar-refractivity contribution in [2.24, 2.45) is 0 Å². The van der Waals surface area contributed by atoms with Gasteiger partial charge >= 0.3 is 12.1 Å². The highest BCUT2D eigenvalue weighted by molar-refractivity contribution is 5.97. The molecule has 4 rings (SSSR count). The number of benzene rings is 1. The zero-order valence-electron chi connectivity index (χ0n) is 18.8. The Morgan fingerprint density at radius 3 is 2.49 bits per heavy atom. The van der Waals surface area contributed by atoms with Gasteiger partial charge < -0.3 is 24.9 Å². The van der Waals surface area contributed by atoms with Gasteiger partial charge in [-0.3, -0.25) is 9.78 Å². The fraction of sp³-hybridized carbons (Fsp3) is 0.208. The minimum absolute atomic E-state index is 0.0250. The molecule has 0 saturated carbocycles. The molecule has 1 aliphatic heterocycles. The van der Waals surface area contributed by atoms with E-state index in [1.807, 2.05) is 48.6 Å². The fourth-order valence-corrected chi connectivity index (χ4v) is 3.30. The van der Waals surface area contributed by atoms with Crippen LogP contribution in [0.15, 0.2) is 42.6 Å². The van der Waals surface area contributed by atoms with Crippen LogP contribution in [-0.2, 0) is 11.2 Å². The molecule has 35 heavy (non-hydrogen) atoms. The van der Waals surface area contributed by atoms with Gasteiger partial charge in [0.25, 0.3) is 5.91 Å². The molecule has 1 aliphatic rings. The first kappa shape index (κ1) is 25.3. The second kappa shape index (κ2) is 10.8. The lowest BCUT2D eigenvalue weighted by Crippen LogP contribution is -2.31. The van der Waals surface area contributed by atoms with E-state index in [-0.39, 0.29) is 5.91 Å². The SMILES string of the molecule is COc1ccc(OC)c(/C=C/c2cc(-c3cc4c([nH]3)CCNC4=O)ccn2)c1.O=C(O)C(F)(F)F. The number of carbonyl (C=O) groups is 2. The van der Waals surface area contributed by atoms with Crippen LogP contribution in [0.1, 0.15) is 27.3 Å². The number of nitrogens with zero attached hydrogens (tertiary/aromatic N) is 1. The Kier molecular flexibility index (Phi) is 7.80. The van der Waals surface area contributed by atoms with Crippen LogP contribution in [0, 0.1) is 0 Å². The number of hydrogen-bond donors (Lipinski definition) is 3. The van der Waals surface area contributed by atoms with Crippen molar-refractivity contribution in [3.8, 4) is 22.8 Å². The molecule has 0 saturated heterocycles. The second-order valence-corrected chi connectivity index (χ2v) is 7.29. The van der Waals surface area contributed by atoms with E-state index in [9.17, 15) is 18.0 Å². The van der Waals surface area contributed by atoms with Crippen LogP contribution in [0.5, 0.6) is 11.5 Å². The molecule has 0 unspecified atom stereocenters. The number of aliphatic carboxylic acids is 1. The van der Waals surface area contributed by atoms with Gasteiger partial charge in [0.15, 0.2) is 0 Å². The van der Waals surface area contributed by atoms with E-state index in [1.165, 1.54) is 0 Å². The quantitative estimate of drug-likeness (QED) is 0.496. The van der Waals surface area contributed by atoms with Crippen molar-refractivity contribution < 1.29 is 37.3 Å². The summed E-state index contributed by atoms with van der Waals surface area (Å²) < 4.78 is 42.4. The van der Waals surface area contributed by atoms with Crippen molar-refractivity contribution >= 4 is 24.0 Å². The summed E-state index contributed by atoms with van der Waals surface area (Å²) in [6.07, 6.45) is 1.36. The smallest absolute Gasteiger partial charge is 0.490 e. The number of methoxy groups -OCH3 is 2. The highest BCUT2D eigenvalue weighted by atomic mass is 19.4. The van der Waals surface area contributed by atoms with Gasteiger partial charge in [0.1, 0.15) is 11.5 Å². The second-order valence-electron chi connectivity index (χ2n) is 7.29. The minimum atomic E-state index is -5.08. The molecule has 0 atom stereocenters. The van der Waals surface area contributed by atoms with E-state index in [0.717, 1.165) is 51.7 Å². The summed E-state index contributed by atoms with van der Waals surface area (Å²) in [4.78, 5) is 28.7. The number of nitrogens with one attached hydrogen (secondary N) is 2. The molecule has 11 heteroatoms. The normalized spacial score (nSPS) is 12.9. The number of rotatable bonds is 5. The maximum atomic E-state index is 12.0. The number of carboxylic acids is 1. The zero-order chi connectivity index (χ0) is 25.6. The van der Waals surface area contributed by atoms with E-state index in [2.05, 4.69) is 15.3 Å². The van der Waals surface area contributed by atoms with E-state index in [4.69, 9.17) is 19.4 Å². The van der Waals surface area contributed by atoms with Crippen molar-refractivity contribution in [2.45, 2.75) is 12.6 Å². The number of H-pyrrole nitrogens is 1. The fourth-order valence-electron chi connectivity index (χ4n) is 3.30. The summed E-state index contributed by atoms with van der Waals surface area (Å²) in [5.41, 5.74) is 5.30. The number of carbonyl (C=O) groups excluding carboxylic acids is 1. The maximum absolute atomic E-state index is 12.0. The molecule has 184 valence electrons. The molecule has 1 aromatic carbocycles. The molecular weight excluding hydrogens is 467 g/mol. The van der Waals surface area contributed by atoms with Gasteiger partial charge in [-0.1, -0.05) is 0 Å². The van der Waals surface area contributed by atoms with Crippen LogP contribution in [0.3, 0.4) is 0 Å². The Balaban J connectivity index is 0.000000429. The monoisotopic (exact) mass is 489 g/mol. The molecule has 0 radical (unpaired) electrons. The van der Waals surface area contributed by atoms with Gasteiger partial charge in [-0.05, 0) is 48.6 Å². The molecule has 3 N–H and O–H groups in total. The third-order valence-electron chi connectivity index (χ3n) is 5.01. The molecule has 0 aliphatic carbocycles. The third kappa shape index (κ3) is 6.40. The van der Waals surface area contributed by atoms with Gasteiger partial charge in [0, 0.05) is 41.7 Å². The Morgan fingerprint density at radius 2 is 1.86 bits per heavy atom. The first-order valence-electron chi connectivity index (χ1n) is 10.3. The Labute approximate surface area is 198 Å². The summed E-state index contributed by atoms with van der Waals surface area (Å²) >= 11 is 0. The zero-order valence-corrected chi connectivity index (χ0v) is 18.8. The number of carboxylic acid groups (broad SMARTS) is 1. The van der Waals surface area contributed by atoms with E-state index >= 15 is 0 Å². The van der Waals surface area contributed by atoms with E-state index in [1.54, 1.807) is 20.4 Å². The molecule has 3 heterocycles. The summed E-state index contributed by atoms with van der Waals surface area (Å²) in [5, 5.41) is 9.99. The molecule has 2 aromatic heterocycles. The van der Waals surface area contributed by atoms with Crippen molar-refractivity contribution in [3.05, 3.63) is 65.1 Å². The van der Waals surface area contributed by atoms with Crippen LogP contribution in [-0.4, -0.2) is 53.9 Å². The number of fused-ring (bicyclic) bond motifs is 1. The van der Waals surface area contributed by atoms with Gasteiger partial charge in [-0.25, -0.2) is 4.79 Å². The van der Waals surface area contributed by atoms with Crippen molar-refractivity contribution in [2.75, 3.05) is 20.8 Å². The maximum Gasteiger partial charge on any atom is 0.490 e. The van der Waals surface area contributed by atoms with Crippen molar-refractivity contribution in [1.82, 2.24) is 15.3 Å². The molecular formula is C24H22F3N3O5. The highest BCUT2D eigenvalue weighted by Gasteiger charge is 2.38.